The average molecular weight is 280 g/mol. The number of nitrogens with zero attached hydrogens (tertiary/aromatic N) is 1. The molecule has 1 aliphatic heterocycles. The van der Waals surface area contributed by atoms with Gasteiger partial charge in [-0.2, -0.15) is 0 Å². The summed E-state index contributed by atoms with van der Waals surface area (Å²) in [6.07, 6.45) is 2.87. The van der Waals surface area contributed by atoms with Gasteiger partial charge in [-0.1, -0.05) is 20.4 Å². The van der Waals surface area contributed by atoms with E-state index in [9.17, 15) is 4.79 Å². The molecule has 1 saturated heterocycles. The van der Waals surface area contributed by atoms with Gasteiger partial charge in [0.1, 0.15) is 0 Å². The Labute approximate surface area is 124 Å². The highest BCUT2D eigenvalue weighted by Crippen LogP contribution is 2.25. The number of amides is 1. The summed E-state index contributed by atoms with van der Waals surface area (Å²) in [6.45, 7) is 17.4. The van der Waals surface area contributed by atoms with Gasteiger partial charge >= 0.3 is 0 Å². The summed E-state index contributed by atoms with van der Waals surface area (Å²) in [4.78, 5) is 14.2. The van der Waals surface area contributed by atoms with E-state index >= 15 is 0 Å². The van der Waals surface area contributed by atoms with E-state index in [1.807, 2.05) is 4.90 Å². The predicted molar refractivity (Wildman–Crippen MR) is 85.7 cm³/mol. The molecule has 116 valence electrons. The summed E-state index contributed by atoms with van der Waals surface area (Å²) >= 11 is 0. The second-order valence-electron chi connectivity index (χ2n) is 7.50. The molecule has 0 saturated carbocycles. The highest BCUT2D eigenvalue weighted by Gasteiger charge is 2.24. The normalized spacial score (nSPS) is 21.2. The van der Waals surface area contributed by atoms with E-state index in [2.05, 4.69) is 46.5 Å². The zero-order valence-corrected chi connectivity index (χ0v) is 14.0. The third-order valence-corrected chi connectivity index (χ3v) is 4.08. The molecule has 20 heavy (non-hydrogen) atoms. The molecule has 1 unspecified atom stereocenters. The first-order valence-corrected chi connectivity index (χ1v) is 7.88. The molecule has 1 heterocycles. The highest BCUT2D eigenvalue weighted by atomic mass is 16.2. The fourth-order valence-corrected chi connectivity index (χ4v) is 2.61. The Morgan fingerprint density at radius 2 is 2.05 bits per heavy atom. The number of nitrogens with one attached hydrogen (secondary N) is 1. The lowest BCUT2D eigenvalue weighted by Gasteiger charge is -2.25. The fraction of sp³-hybridized carbons (Fsp3) is 0.824. The molecule has 1 amide bonds. The third-order valence-electron chi connectivity index (χ3n) is 4.08. The Morgan fingerprint density at radius 1 is 1.40 bits per heavy atom. The van der Waals surface area contributed by atoms with Gasteiger partial charge in [0.2, 0.25) is 5.91 Å². The van der Waals surface area contributed by atoms with Crippen LogP contribution in [0.15, 0.2) is 12.2 Å². The zero-order chi connectivity index (χ0) is 15.3. The second kappa shape index (κ2) is 7.26. The maximum atomic E-state index is 12.2. The van der Waals surface area contributed by atoms with E-state index in [1.54, 1.807) is 0 Å². The minimum absolute atomic E-state index is 0.0917. The monoisotopic (exact) mass is 280 g/mol. The Hall–Kier alpha value is -0.830. The molecule has 1 atom stereocenters. The minimum Gasteiger partial charge on any atom is -0.339 e. The number of hydrogen-bond acceptors (Lipinski definition) is 2. The lowest BCUT2D eigenvalue weighted by molar-refractivity contribution is -0.130. The first kappa shape index (κ1) is 17.2. The van der Waals surface area contributed by atoms with Crippen molar-refractivity contribution >= 4 is 5.91 Å². The molecule has 0 bridgehead atoms. The molecule has 0 aromatic carbocycles. The number of carbonyl (C=O) groups excluding carboxylic acids is 1. The van der Waals surface area contributed by atoms with Crippen molar-refractivity contribution in [3.8, 4) is 0 Å². The molecule has 1 rings (SSSR count). The van der Waals surface area contributed by atoms with Crippen molar-refractivity contribution in [2.24, 2.45) is 11.8 Å². The van der Waals surface area contributed by atoms with Gasteiger partial charge in [-0.3, -0.25) is 4.79 Å². The molecule has 0 aromatic rings. The van der Waals surface area contributed by atoms with Crippen LogP contribution in [0.25, 0.3) is 0 Å². The highest BCUT2D eigenvalue weighted by molar-refractivity contribution is 5.76. The van der Waals surface area contributed by atoms with E-state index in [1.165, 1.54) is 0 Å². The fourth-order valence-electron chi connectivity index (χ4n) is 2.61. The van der Waals surface area contributed by atoms with E-state index in [0.29, 0.717) is 30.7 Å². The Kier molecular flexibility index (Phi) is 6.25. The quantitative estimate of drug-likeness (QED) is 0.784. The summed E-state index contributed by atoms with van der Waals surface area (Å²) < 4.78 is 0. The summed E-state index contributed by atoms with van der Waals surface area (Å²) in [7, 11) is 0. The van der Waals surface area contributed by atoms with Crippen LogP contribution in [0.1, 0.15) is 53.9 Å². The van der Waals surface area contributed by atoms with Crippen molar-refractivity contribution in [2.45, 2.75) is 59.4 Å². The molecule has 0 aromatic heterocycles. The number of hydrogen-bond donors (Lipinski definition) is 1. The lowest BCUT2D eigenvalue weighted by atomic mass is 9.89. The molecule has 3 nitrogen and oxygen atoms in total. The predicted octanol–water partition coefficient (Wildman–Crippen LogP) is 3.22. The summed E-state index contributed by atoms with van der Waals surface area (Å²) in [5.74, 6) is 1.66. The number of likely N-dealkylation sites (tertiary alicyclic amines) is 1. The van der Waals surface area contributed by atoms with Gasteiger partial charge in [0.15, 0.2) is 0 Å². The van der Waals surface area contributed by atoms with Gasteiger partial charge < -0.3 is 10.2 Å². The second-order valence-corrected chi connectivity index (χ2v) is 7.50. The van der Waals surface area contributed by atoms with Crippen LogP contribution >= 0.6 is 0 Å². The van der Waals surface area contributed by atoms with Gasteiger partial charge in [-0.05, 0) is 51.0 Å². The van der Waals surface area contributed by atoms with E-state index in [-0.39, 0.29) is 5.54 Å². The molecule has 1 aliphatic rings. The van der Waals surface area contributed by atoms with Crippen molar-refractivity contribution in [2.75, 3.05) is 19.6 Å². The first-order chi connectivity index (χ1) is 9.19. The SMILES string of the molecule is C=C(CNC(C)(C)C)CN1CCC(C(C)C)CCC1=O. The van der Waals surface area contributed by atoms with Gasteiger partial charge in [-0.25, -0.2) is 0 Å². The summed E-state index contributed by atoms with van der Waals surface area (Å²) in [5.41, 5.74) is 1.19. The molecule has 0 aliphatic carbocycles. The van der Waals surface area contributed by atoms with Crippen LogP contribution in [-0.4, -0.2) is 36.0 Å². The van der Waals surface area contributed by atoms with E-state index < -0.39 is 0 Å². The molecule has 0 spiro atoms. The van der Waals surface area contributed by atoms with Crippen LogP contribution in [0.5, 0.6) is 0 Å². The first-order valence-electron chi connectivity index (χ1n) is 7.88. The Morgan fingerprint density at radius 3 is 2.60 bits per heavy atom. The van der Waals surface area contributed by atoms with Crippen molar-refractivity contribution in [1.29, 1.82) is 0 Å². The Bertz CT molecular complexity index is 341. The molecule has 1 N–H and O–H groups in total. The van der Waals surface area contributed by atoms with Crippen molar-refractivity contribution in [3.63, 3.8) is 0 Å². The maximum absolute atomic E-state index is 12.2. The van der Waals surface area contributed by atoms with E-state index in [0.717, 1.165) is 31.5 Å². The Balaban J connectivity index is 2.46. The summed E-state index contributed by atoms with van der Waals surface area (Å²) in [5, 5.41) is 3.43. The topological polar surface area (TPSA) is 32.3 Å². The van der Waals surface area contributed by atoms with Crippen LogP contribution in [0.4, 0.5) is 0 Å². The van der Waals surface area contributed by atoms with Crippen LogP contribution < -0.4 is 5.32 Å². The molecular formula is C17H32N2O. The van der Waals surface area contributed by atoms with Gasteiger partial charge in [0, 0.05) is 31.6 Å². The maximum Gasteiger partial charge on any atom is 0.222 e. The van der Waals surface area contributed by atoms with E-state index in [4.69, 9.17) is 0 Å². The third kappa shape index (κ3) is 6.08. The molecule has 3 heteroatoms. The molecule has 1 fully saturated rings. The molecular weight excluding hydrogens is 248 g/mol. The molecule has 0 radical (unpaired) electrons. The number of rotatable bonds is 5. The standard InChI is InChI=1S/C17H32N2O/c1-13(2)15-7-8-16(20)19(10-9-15)12-14(3)11-18-17(4,5)6/h13,15,18H,3,7-12H2,1-2,4-6H3. The van der Waals surface area contributed by atoms with Crippen molar-refractivity contribution in [3.05, 3.63) is 12.2 Å². The largest absolute Gasteiger partial charge is 0.339 e. The van der Waals surface area contributed by atoms with Crippen LogP contribution in [-0.2, 0) is 4.79 Å². The number of carbonyl (C=O) groups is 1. The van der Waals surface area contributed by atoms with Crippen LogP contribution in [0, 0.1) is 11.8 Å². The van der Waals surface area contributed by atoms with Gasteiger partial charge in [0.05, 0.1) is 0 Å². The van der Waals surface area contributed by atoms with Gasteiger partial charge in [-0.15, -0.1) is 0 Å². The summed E-state index contributed by atoms with van der Waals surface area (Å²) in [6, 6.07) is 0. The van der Waals surface area contributed by atoms with Crippen LogP contribution in [0.2, 0.25) is 0 Å². The average Bonchev–Trinajstić information content (AvgIpc) is 2.49. The zero-order valence-electron chi connectivity index (χ0n) is 14.0. The minimum atomic E-state index is 0.0917. The van der Waals surface area contributed by atoms with Crippen molar-refractivity contribution < 1.29 is 4.79 Å². The smallest absolute Gasteiger partial charge is 0.222 e. The van der Waals surface area contributed by atoms with Crippen molar-refractivity contribution in [1.82, 2.24) is 10.2 Å². The van der Waals surface area contributed by atoms with Crippen LogP contribution in [0.3, 0.4) is 0 Å². The van der Waals surface area contributed by atoms with Gasteiger partial charge in [0.25, 0.3) is 0 Å². The lowest BCUT2D eigenvalue weighted by Crippen LogP contribution is -2.40.